The summed E-state index contributed by atoms with van der Waals surface area (Å²) in [5.41, 5.74) is 9.79. The van der Waals surface area contributed by atoms with E-state index >= 15 is 0 Å². The molecule has 0 saturated heterocycles. The molecule has 0 fully saturated rings. The number of hydrogen-bond acceptors (Lipinski definition) is 3. The molecule has 1 amide bonds. The molecule has 2 aromatic carbocycles. The van der Waals surface area contributed by atoms with Crippen molar-refractivity contribution in [2.24, 2.45) is 5.10 Å². The SMILES string of the molecule is CC1=CC(C)(C)N(C)c2cc(C)c(/C=N\NC(=O)c3ccccc3-n3cccc3)cc21. The second-order valence-electron chi connectivity index (χ2n) is 8.57. The predicted octanol–water partition coefficient (Wildman–Crippen LogP) is 5.18. The van der Waals surface area contributed by atoms with E-state index in [-0.39, 0.29) is 11.4 Å². The van der Waals surface area contributed by atoms with Crippen molar-refractivity contribution < 1.29 is 4.79 Å². The smallest absolute Gasteiger partial charge is 0.273 e. The predicted molar refractivity (Wildman–Crippen MR) is 128 cm³/mol. The molecule has 1 aliphatic heterocycles. The minimum Gasteiger partial charge on any atom is -0.365 e. The van der Waals surface area contributed by atoms with E-state index in [1.165, 1.54) is 16.8 Å². The summed E-state index contributed by atoms with van der Waals surface area (Å²) in [5, 5.41) is 4.26. The molecule has 5 heteroatoms. The van der Waals surface area contributed by atoms with Crippen LogP contribution in [0.25, 0.3) is 11.3 Å². The molecule has 1 N–H and O–H groups in total. The van der Waals surface area contributed by atoms with Crippen LogP contribution in [-0.4, -0.2) is 29.3 Å². The van der Waals surface area contributed by atoms with Gasteiger partial charge in [0.15, 0.2) is 0 Å². The number of hydrazone groups is 1. The summed E-state index contributed by atoms with van der Waals surface area (Å²) < 4.78 is 1.92. The van der Waals surface area contributed by atoms with Crippen molar-refractivity contribution >= 4 is 23.4 Å². The monoisotopic (exact) mass is 412 g/mol. The zero-order valence-electron chi connectivity index (χ0n) is 18.7. The van der Waals surface area contributed by atoms with Gasteiger partial charge in [-0.1, -0.05) is 18.2 Å². The lowest BCUT2D eigenvalue weighted by Crippen LogP contribution is -2.42. The van der Waals surface area contributed by atoms with Crippen molar-refractivity contribution in [2.45, 2.75) is 33.2 Å². The summed E-state index contributed by atoms with van der Waals surface area (Å²) in [4.78, 5) is 15.1. The molecule has 3 aromatic rings. The topological polar surface area (TPSA) is 49.6 Å². The molecule has 0 atom stereocenters. The molecule has 1 aliphatic rings. The standard InChI is InChI=1S/C26H28N4O/c1-18-14-24-22(19(2)16-26(3,4)29(24)5)15-20(18)17-27-28-25(31)21-10-6-7-11-23(21)30-12-8-9-13-30/h6-17H,1-5H3,(H,28,31)/b27-17-. The third-order valence-electron chi connectivity index (χ3n) is 6.01. The van der Waals surface area contributed by atoms with Crippen LogP contribution in [0, 0.1) is 6.92 Å². The number of rotatable bonds is 4. The molecular weight excluding hydrogens is 384 g/mol. The van der Waals surface area contributed by atoms with Crippen LogP contribution in [0.4, 0.5) is 5.69 Å². The molecule has 1 aromatic heterocycles. The zero-order valence-corrected chi connectivity index (χ0v) is 18.7. The third kappa shape index (κ3) is 3.91. The quantitative estimate of drug-likeness (QED) is 0.474. The first kappa shape index (κ1) is 20.7. The average molecular weight is 413 g/mol. The Kier molecular flexibility index (Phi) is 5.27. The first-order chi connectivity index (χ1) is 14.8. The Morgan fingerprint density at radius 2 is 1.74 bits per heavy atom. The molecule has 31 heavy (non-hydrogen) atoms. The Morgan fingerprint density at radius 1 is 1.03 bits per heavy atom. The van der Waals surface area contributed by atoms with Crippen molar-refractivity contribution in [1.82, 2.24) is 9.99 Å². The molecular formula is C26H28N4O. The first-order valence-corrected chi connectivity index (χ1v) is 10.4. The van der Waals surface area contributed by atoms with Gasteiger partial charge in [0.25, 0.3) is 5.91 Å². The minimum absolute atomic E-state index is 0.0276. The molecule has 5 nitrogen and oxygen atoms in total. The fourth-order valence-corrected chi connectivity index (χ4v) is 4.06. The maximum atomic E-state index is 12.8. The number of nitrogens with zero attached hydrogens (tertiary/aromatic N) is 3. The Balaban J connectivity index is 1.57. The lowest BCUT2D eigenvalue weighted by molar-refractivity contribution is 0.0955. The third-order valence-corrected chi connectivity index (χ3v) is 6.01. The molecule has 0 spiro atoms. The first-order valence-electron chi connectivity index (χ1n) is 10.4. The van der Waals surface area contributed by atoms with E-state index in [0.29, 0.717) is 5.56 Å². The second-order valence-corrected chi connectivity index (χ2v) is 8.57. The number of para-hydroxylation sites is 1. The summed E-state index contributed by atoms with van der Waals surface area (Å²) in [6, 6.07) is 15.7. The number of fused-ring (bicyclic) bond motifs is 1. The van der Waals surface area contributed by atoms with E-state index in [1.807, 2.05) is 47.3 Å². The van der Waals surface area contributed by atoms with Gasteiger partial charge in [0, 0.05) is 30.7 Å². The van der Waals surface area contributed by atoms with Crippen molar-refractivity contribution in [2.75, 3.05) is 11.9 Å². The fourth-order valence-electron chi connectivity index (χ4n) is 4.06. The molecule has 0 radical (unpaired) electrons. The van der Waals surface area contributed by atoms with Gasteiger partial charge in [0.2, 0.25) is 0 Å². The molecule has 0 unspecified atom stereocenters. The molecule has 158 valence electrons. The number of hydrogen-bond donors (Lipinski definition) is 1. The molecule has 2 heterocycles. The van der Waals surface area contributed by atoms with Gasteiger partial charge in [0.1, 0.15) is 0 Å². The van der Waals surface area contributed by atoms with Gasteiger partial charge in [-0.25, -0.2) is 5.43 Å². The Bertz CT molecular complexity index is 1190. The van der Waals surface area contributed by atoms with Gasteiger partial charge < -0.3 is 9.47 Å². The van der Waals surface area contributed by atoms with Gasteiger partial charge in [0.05, 0.1) is 23.0 Å². The lowest BCUT2D eigenvalue weighted by Gasteiger charge is -2.41. The van der Waals surface area contributed by atoms with Crippen LogP contribution in [0.1, 0.15) is 47.8 Å². The summed E-state index contributed by atoms with van der Waals surface area (Å²) in [5.74, 6) is -0.242. The number of aryl methyl sites for hydroxylation is 1. The van der Waals surface area contributed by atoms with Crippen LogP contribution in [0.15, 0.2) is 72.1 Å². The highest BCUT2D eigenvalue weighted by atomic mass is 16.2. The molecule has 0 bridgehead atoms. The van der Waals surface area contributed by atoms with Crippen LogP contribution in [0.2, 0.25) is 0 Å². The number of aromatic nitrogens is 1. The highest BCUT2D eigenvalue weighted by molar-refractivity contribution is 5.98. The van der Waals surface area contributed by atoms with Gasteiger partial charge >= 0.3 is 0 Å². The summed E-state index contributed by atoms with van der Waals surface area (Å²) in [6.07, 6.45) is 7.84. The van der Waals surface area contributed by atoms with E-state index in [2.05, 4.69) is 68.4 Å². The second kappa shape index (κ2) is 7.91. The largest absolute Gasteiger partial charge is 0.365 e. The number of amides is 1. The van der Waals surface area contributed by atoms with Gasteiger partial charge in [-0.05, 0) is 80.8 Å². The van der Waals surface area contributed by atoms with E-state index in [0.717, 1.165) is 16.8 Å². The van der Waals surface area contributed by atoms with Crippen molar-refractivity contribution in [3.05, 3.63) is 89.3 Å². The molecule has 0 aliphatic carbocycles. The van der Waals surface area contributed by atoms with Gasteiger partial charge in [-0.15, -0.1) is 0 Å². The normalized spacial score (nSPS) is 15.0. The van der Waals surface area contributed by atoms with Crippen LogP contribution >= 0.6 is 0 Å². The number of carbonyl (C=O) groups excluding carboxylic acids is 1. The van der Waals surface area contributed by atoms with Gasteiger partial charge in [-0.2, -0.15) is 5.10 Å². The highest BCUT2D eigenvalue weighted by Gasteiger charge is 2.28. The number of allylic oxidation sites excluding steroid dienone is 1. The van der Waals surface area contributed by atoms with Crippen molar-refractivity contribution in [3.63, 3.8) is 0 Å². The zero-order chi connectivity index (χ0) is 22.2. The number of nitrogens with one attached hydrogen (secondary N) is 1. The van der Waals surface area contributed by atoms with Gasteiger partial charge in [-0.3, -0.25) is 4.79 Å². The number of anilines is 1. The summed E-state index contributed by atoms with van der Waals surface area (Å²) >= 11 is 0. The highest BCUT2D eigenvalue weighted by Crippen LogP contribution is 2.38. The van der Waals surface area contributed by atoms with Crippen molar-refractivity contribution in [1.29, 1.82) is 0 Å². The number of carbonyl (C=O) groups is 1. The van der Waals surface area contributed by atoms with Crippen LogP contribution in [0.3, 0.4) is 0 Å². The van der Waals surface area contributed by atoms with Crippen LogP contribution in [0.5, 0.6) is 0 Å². The summed E-state index contributed by atoms with van der Waals surface area (Å²) in [6.45, 7) is 8.64. The maximum Gasteiger partial charge on any atom is 0.273 e. The molecule has 4 rings (SSSR count). The van der Waals surface area contributed by atoms with E-state index < -0.39 is 0 Å². The maximum absolute atomic E-state index is 12.8. The Labute approximate surface area is 183 Å². The van der Waals surface area contributed by atoms with Crippen LogP contribution < -0.4 is 10.3 Å². The minimum atomic E-state index is -0.242. The van der Waals surface area contributed by atoms with E-state index in [9.17, 15) is 4.79 Å². The molecule has 0 saturated carbocycles. The number of likely N-dealkylation sites (N-methyl/N-ethyl adjacent to an activating group) is 1. The summed E-state index contributed by atoms with van der Waals surface area (Å²) in [7, 11) is 2.12. The Hall–Kier alpha value is -3.60. The van der Waals surface area contributed by atoms with E-state index in [4.69, 9.17) is 0 Å². The average Bonchev–Trinajstić information content (AvgIpc) is 3.27. The lowest BCUT2D eigenvalue weighted by atomic mass is 9.87. The fraction of sp³-hybridized carbons (Fsp3) is 0.231. The number of benzene rings is 2. The van der Waals surface area contributed by atoms with E-state index in [1.54, 1.807) is 12.3 Å². The van der Waals surface area contributed by atoms with Crippen LogP contribution in [-0.2, 0) is 0 Å². The van der Waals surface area contributed by atoms with Crippen molar-refractivity contribution in [3.8, 4) is 5.69 Å². The Morgan fingerprint density at radius 3 is 2.48 bits per heavy atom.